The van der Waals surface area contributed by atoms with E-state index in [1.165, 1.54) is 44.9 Å². The van der Waals surface area contributed by atoms with Crippen LogP contribution in [-0.2, 0) is 14.3 Å². The Bertz CT molecular complexity index is 696. The van der Waals surface area contributed by atoms with Crippen LogP contribution in [0.15, 0.2) is 11.6 Å². The lowest BCUT2D eigenvalue weighted by Crippen LogP contribution is -2.51. The molecule has 3 saturated carbocycles. The Hall–Kier alpha value is -0.830. The first-order valence-electron chi connectivity index (χ1n) is 13.1. The molecule has 0 aromatic rings. The Kier molecular flexibility index (Phi) is 6.65. The van der Waals surface area contributed by atoms with Crippen molar-refractivity contribution in [1.29, 1.82) is 0 Å². The van der Waals surface area contributed by atoms with Gasteiger partial charge in [0.25, 0.3) is 0 Å². The van der Waals surface area contributed by atoms with E-state index in [1.54, 1.807) is 12.5 Å². The summed E-state index contributed by atoms with van der Waals surface area (Å²) in [6.45, 7) is 14.5. The van der Waals surface area contributed by atoms with Crippen molar-refractivity contribution in [3.63, 3.8) is 0 Å². The molecule has 4 aliphatic carbocycles. The second kappa shape index (κ2) is 8.84. The minimum atomic E-state index is -0.127. The Morgan fingerprint density at radius 2 is 1.87 bits per heavy atom. The van der Waals surface area contributed by atoms with E-state index in [9.17, 15) is 4.79 Å². The van der Waals surface area contributed by atoms with Crippen molar-refractivity contribution in [3.05, 3.63) is 11.6 Å². The van der Waals surface area contributed by atoms with Gasteiger partial charge in [-0.15, -0.1) is 0 Å². The van der Waals surface area contributed by atoms with Crippen LogP contribution in [0.25, 0.3) is 0 Å². The lowest BCUT2D eigenvalue weighted by Gasteiger charge is -2.58. The largest absolute Gasteiger partial charge is 0.462 e. The van der Waals surface area contributed by atoms with Crippen molar-refractivity contribution in [2.45, 2.75) is 112 Å². The van der Waals surface area contributed by atoms with Crippen molar-refractivity contribution >= 4 is 5.97 Å². The number of ether oxygens (including phenoxy) is 2. The number of carbonyl (C=O) groups excluding carboxylic acids is 1. The third-order valence-electron chi connectivity index (χ3n) is 10.1. The molecule has 0 N–H and O–H groups in total. The van der Waals surface area contributed by atoms with Crippen molar-refractivity contribution in [3.8, 4) is 0 Å². The van der Waals surface area contributed by atoms with Crippen LogP contribution in [-0.4, -0.2) is 24.8 Å². The molecule has 0 bridgehead atoms. The average Bonchev–Trinajstić information content (AvgIpc) is 3.05. The van der Waals surface area contributed by atoms with E-state index in [-0.39, 0.29) is 12.1 Å². The minimum absolute atomic E-state index is 0.0990. The highest BCUT2D eigenvalue weighted by molar-refractivity contribution is 5.66. The van der Waals surface area contributed by atoms with Crippen molar-refractivity contribution < 1.29 is 14.3 Å². The van der Waals surface area contributed by atoms with E-state index in [4.69, 9.17) is 9.47 Å². The number of rotatable bonds is 6. The molecule has 3 heteroatoms. The first kappa shape index (κ1) is 23.3. The van der Waals surface area contributed by atoms with Gasteiger partial charge in [0, 0.05) is 20.0 Å². The van der Waals surface area contributed by atoms with Gasteiger partial charge in [0.2, 0.25) is 0 Å². The summed E-state index contributed by atoms with van der Waals surface area (Å²) in [5.74, 6) is 3.77. The third-order valence-corrected chi connectivity index (χ3v) is 10.1. The normalized spacial score (nSPS) is 42.9. The Morgan fingerprint density at radius 3 is 2.58 bits per heavy atom. The van der Waals surface area contributed by atoms with Gasteiger partial charge in [-0.25, -0.2) is 0 Å². The predicted molar refractivity (Wildman–Crippen MR) is 126 cm³/mol. The quantitative estimate of drug-likeness (QED) is 0.338. The van der Waals surface area contributed by atoms with Gasteiger partial charge in [-0.2, -0.15) is 0 Å². The second-order valence-electron chi connectivity index (χ2n) is 12.2. The molecule has 31 heavy (non-hydrogen) atoms. The van der Waals surface area contributed by atoms with Gasteiger partial charge in [0.1, 0.15) is 6.10 Å². The van der Waals surface area contributed by atoms with E-state index in [1.807, 2.05) is 0 Å². The molecule has 0 saturated heterocycles. The highest BCUT2D eigenvalue weighted by atomic mass is 16.5. The zero-order chi connectivity index (χ0) is 22.4. The van der Waals surface area contributed by atoms with Gasteiger partial charge >= 0.3 is 5.97 Å². The number of esters is 1. The molecule has 0 radical (unpaired) electrons. The lowest BCUT2D eigenvalue weighted by molar-refractivity contribution is -0.148. The molecule has 4 rings (SSSR count). The van der Waals surface area contributed by atoms with E-state index in [0.717, 1.165) is 43.1 Å². The number of hydrogen-bond donors (Lipinski definition) is 0. The molecule has 3 fully saturated rings. The number of allylic oxidation sites excluding steroid dienone is 1. The Balaban J connectivity index is 1.47. The van der Waals surface area contributed by atoms with Crippen LogP contribution in [0.5, 0.6) is 0 Å². The molecule has 3 nitrogen and oxygen atoms in total. The maximum atomic E-state index is 11.5. The van der Waals surface area contributed by atoms with Gasteiger partial charge in [-0.3, -0.25) is 4.79 Å². The fourth-order valence-electron chi connectivity index (χ4n) is 8.38. The van der Waals surface area contributed by atoms with Gasteiger partial charge < -0.3 is 9.47 Å². The van der Waals surface area contributed by atoms with Crippen LogP contribution in [0.1, 0.15) is 99.3 Å². The smallest absolute Gasteiger partial charge is 0.302 e. The predicted octanol–water partition coefficient (Wildman–Crippen LogP) is 6.95. The Morgan fingerprint density at radius 1 is 1.10 bits per heavy atom. The van der Waals surface area contributed by atoms with Gasteiger partial charge in [0.05, 0.1) is 6.10 Å². The number of hydrogen-bond acceptors (Lipinski definition) is 3. The Labute approximate surface area is 190 Å². The van der Waals surface area contributed by atoms with Crippen LogP contribution in [0, 0.1) is 40.4 Å². The first-order valence-corrected chi connectivity index (χ1v) is 13.1. The van der Waals surface area contributed by atoms with Crippen molar-refractivity contribution in [2.24, 2.45) is 40.4 Å². The van der Waals surface area contributed by atoms with Crippen LogP contribution in [0.2, 0.25) is 0 Å². The summed E-state index contributed by atoms with van der Waals surface area (Å²) < 4.78 is 12.0. The summed E-state index contributed by atoms with van der Waals surface area (Å²) >= 11 is 0. The zero-order valence-electron chi connectivity index (χ0n) is 20.9. The molecule has 8 atom stereocenters. The fourth-order valence-corrected chi connectivity index (χ4v) is 8.38. The van der Waals surface area contributed by atoms with E-state index in [0.29, 0.717) is 22.9 Å². The molecule has 0 spiro atoms. The van der Waals surface area contributed by atoms with E-state index < -0.39 is 0 Å². The van der Waals surface area contributed by atoms with Gasteiger partial charge in [0.15, 0.2) is 0 Å². The molecule has 0 aromatic heterocycles. The van der Waals surface area contributed by atoms with E-state index >= 15 is 0 Å². The monoisotopic (exact) mass is 430 g/mol. The molecule has 4 aliphatic rings. The zero-order valence-corrected chi connectivity index (χ0v) is 20.9. The standard InChI is InChI=1S/C28H46O3/c1-18(2)13-16-30-19(3)24-9-10-25-23-8-7-21-17-22(31-20(4)29)11-14-27(21,5)26(23)12-15-28(24,25)6/h7,18-19,22-26H,8-17H2,1-6H3/t19-,22-,23-,24+,25-,26-,27-,28+/m0/s1. The van der Waals surface area contributed by atoms with Crippen LogP contribution >= 0.6 is 0 Å². The van der Waals surface area contributed by atoms with Crippen molar-refractivity contribution in [1.82, 2.24) is 0 Å². The molecule has 0 amide bonds. The molecular formula is C28H46O3. The number of carbonyl (C=O) groups is 1. The average molecular weight is 431 g/mol. The maximum absolute atomic E-state index is 11.5. The highest BCUT2D eigenvalue weighted by Gasteiger charge is 2.59. The fraction of sp³-hybridized carbons (Fsp3) is 0.893. The minimum Gasteiger partial charge on any atom is -0.462 e. The molecule has 0 unspecified atom stereocenters. The van der Waals surface area contributed by atoms with Crippen LogP contribution in [0.3, 0.4) is 0 Å². The SMILES string of the molecule is CC(=O)O[C@H]1CC[C@@]2(C)C(=CC[C@H]3[C@@H]4CC[C@H]([C@H](C)OCCC(C)C)[C@@]4(C)CC[C@@H]32)C1. The summed E-state index contributed by atoms with van der Waals surface area (Å²) in [7, 11) is 0. The third kappa shape index (κ3) is 4.25. The molecule has 0 heterocycles. The summed E-state index contributed by atoms with van der Waals surface area (Å²) in [5, 5.41) is 0. The topological polar surface area (TPSA) is 35.5 Å². The van der Waals surface area contributed by atoms with Gasteiger partial charge in [-0.1, -0.05) is 39.3 Å². The first-order chi connectivity index (χ1) is 14.6. The van der Waals surface area contributed by atoms with Crippen molar-refractivity contribution in [2.75, 3.05) is 6.61 Å². The van der Waals surface area contributed by atoms with Gasteiger partial charge in [-0.05, 0) is 98.7 Å². The van der Waals surface area contributed by atoms with E-state index in [2.05, 4.69) is 40.7 Å². The summed E-state index contributed by atoms with van der Waals surface area (Å²) in [5.41, 5.74) is 2.35. The highest BCUT2D eigenvalue weighted by Crippen LogP contribution is 2.66. The molecular weight excluding hydrogens is 384 g/mol. The molecule has 0 aromatic carbocycles. The lowest BCUT2D eigenvalue weighted by atomic mass is 9.47. The molecule has 176 valence electrons. The van der Waals surface area contributed by atoms with Crippen LogP contribution < -0.4 is 0 Å². The number of fused-ring (bicyclic) bond motifs is 5. The second-order valence-corrected chi connectivity index (χ2v) is 12.2. The molecule has 0 aliphatic heterocycles. The summed E-state index contributed by atoms with van der Waals surface area (Å²) in [4.78, 5) is 11.5. The summed E-state index contributed by atoms with van der Waals surface area (Å²) in [6, 6.07) is 0. The maximum Gasteiger partial charge on any atom is 0.302 e. The summed E-state index contributed by atoms with van der Waals surface area (Å²) in [6.07, 6.45) is 14.1. The van der Waals surface area contributed by atoms with Crippen LogP contribution in [0.4, 0.5) is 0 Å².